The molecule has 1 aromatic rings. The Bertz CT molecular complexity index is 360. The quantitative estimate of drug-likeness (QED) is 0.440. The number of hydrogen-bond donors (Lipinski definition) is 2. The number of rotatable bonds is 2. The van der Waals surface area contributed by atoms with E-state index in [9.17, 15) is 0 Å². The highest BCUT2D eigenvalue weighted by Gasteiger charge is 1.88. The Labute approximate surface area is 87.6 Å². The second-order valence-electron chi connectivity index (χ2n) is 2.75. The van der Waals surface area contributed by atoms with E-state index in [0.29, 0.717) is 0 Å². The van der Waals surface area contributed by atoms with Crippen LogP contribution in [0.4, 0.5) is 0 Å². The molecule has 0 atom stereocenters. The van der Waals surface area contributed by atoms with Crippen molar-refractivity contribution >= 4 is 24.0 Å². The summed E-state index contributed by atoms with van der Waals surface area (Å²) in [5, 5.41) is 3.84. The zero-order valence-corrected chi connectivity index (χ0v) is 8.49. The SMILES string of the molecule is Cc1cccc(C=NN/C(N)=N/Cl)c1. The summed E-state index contributed by atoms with van der Waals surface area (Å²) in [4.78, 5) is 0. The van der Waals surface area contributed by atoms with Gasteiger partial charge in [-0.3, -0.25) is 0 Å². The molecule has 0 bridgehead atoms. The van der Waals surface area contributed by atoms with Gasteiger partial charge in [0.05, 0.1) is 6.21 Å². The zero-order valence-electron chi connectivity index (χ0n) is 7.74. The maximum atomic E-state index is 5.26. The summed E-state index contributed by atoms with van der Waals surface area (Å²) in [6.45, 7) is 2.01. The Morgan fingerprint density at radius 2 is 2.36 bits per heavy atom. The fourth-order valence-corrected chi connectivity index (χ4v) is 0.980. The van der Waals surface area contributed by atoms with Crippen molar-refractivity contribution in [2.45, 2.75) is 6.92 Å². The van der Waals surface area contributed by atoms with Crippen LogP contribution in [-0.2, 0) is 0 Å². The van der Waals surface area contributed by atoms with Crippen LogP contribution < -0.4 is 11.2 Å². The molecule has 1 aromatic carbocycles. The first-order chi connectivity index (χ1) is 6.72. The predicted octanol–water partition coefficient (Wildman–Crippen LogP) is 1.39. The number of halogens is 1. The Kier molecular flexibility index (Phi) is 3.94. The first-order valence-corrected chi connectivity index (χ1v) is 4.36. The maximum absolute atomic E-state index is 5.26. The summed E-state index contributed by atoms with van der Waals surface area (Å²) in [6, 6.07) is 7.90. The molecule has 0 aliphatic carbocycles. The minimum atomic E-state index is 0.0653. The van der Waals surface area contributed by atoms with E-state index < -0.39 is 0 Å². The molecule has 14 heavy (non-hydrogen) atoms. The van der Waals surface area contributed by atoms with Crippen molar-refractivity contribution in [1.29, 1.82) is 0 Å². The van der Waals surface area contributed by atoms with Crippen molar-refractivity contribution in [3.63, 3.8) is 0 Å². The molecule has 0 aliphatic rings. The van der Waals surface area contributed by atoms with Crippen LogP contribution in [-0.4, -0.2) is 12.2 Å². The molecule has 5 heteroatoms. The van der Waals surface area contributed by atoms with Gasteiger partial charge in [0.1, 0.15) is 0 Å². The Morgan fingerprint density at radius 1 is 1.57 bits per heavy atom. The van der Waals surface area contributed by atoms with Gasteiger partial charge in [-0.05, 0) is 12.5 Å². The highest BCUT2D eigenvalue weighted by Crippen LogP contribution is 2.00. The van der Waals surface area contributed by atoms with Gasteiger partial charge in [-0.1, -0.05) is 29.8 Å². The number of benzene rings is 1. The van der Waals surface area contributed by atoms with Crippen molar-refractivity contribution in [2.75, 3.05) is 0 Å². The second-order valence-corrected chi connectivity index (χ2v) is 2.92. The molecule has 0 aromatic heterocycles. The number of nitrogens with one attached hydrogen (secondary N) is 1. The molecule has 4 nitrogen and oxygen atoms in total. The van der Waals surface area contributed by atoms with Crippen LogP contribution in [0.25, 0.3) is 0 Å². The minimum absolute atomic E-state index is 0.0653. The molecule has 0 saturated carbocycles. The summed E-state index contributed by atoms with van der Waals surface area (Å²) in [6.07, 6.45) is 1.64. The zero-order chi connectivity index (χ0) is 10.4. The number of aryl methyl sites for hydroxylation is 1. The van der Waals surface area contributed by atoms with Gasteiger partial charge in [0.15, 0.2) is 0 Å². The number of nitrogens with zero attached hydrogens (tertiary/aromatic N) is 2. The topological polar surface area (TPSA) is 62.8 Å². The van der Waals surface area contributed by atoms with Gasteiger partial charge in [0.2, 0.25) is 5.96 Å². The molecule has 0 heterocycles. The van der Waals surface area contributed by atoms with Crippen molar-refractivity contribution in [3.05, 3.63) is 35.4 Å². The lowest BCUT2D eigenvalue weighted by Gasteiger charge is -1.96. The number of hydrogen-bond acceptors (Lipinski definition) is 2. The van der Waals surface area contributed by atoms with E-state index in [-0.39, 0.29) is 5.96 Å². The third-order valence-electron chi connectivity index (χ3n) is 1.53. The van der Waals surface area contributed by atoms with E-state index in [2.05, 4.69) is 15.0 Å². The molecule has 74 valence electrons. The van der Waals surface area contributed by atoms with Crippen LogP contribution in [0.2, 0.25) is 0 Å². The van der Waals surface area contributed by atoms with Crippen LogP contribution in [0.3, 0.4) is 0 Å². The molecule has 3 N–H and O–H groups in total. The molecular formula is C9H11ClN4. The molecular weight excluding hydrogens is 200 g/mol. The second kappa shape index (κ2) is 5.24. The van der Waals surface area contributed by atoms with Crippen LogP contribution in [0.1, 0.15) is 11.1 Å². The first-order valence-electron chi connectivity index (χ1n) is 4.02. The molecule has 0 spiro atoms. The van der Waals surface area contributed by atoms with Gasteiger partial charge in [0, 0.05) is 11.8 Å². The van der Waals surface area contributed by atoms with Crippen LogP contribution in [0, 0.1) is 6.92 Å². The van der Waals surface area contributed by atoms with Crippen molar-refractivity contribution < 1.29 is 0 Å². The van der Waals surface area contributed by atoms with Crippen molar-refractivity contribution in [3.8, 4) is 0 Å². The highest BCUT2D eigenvalue weighted by molar-refractivity contribution is 6.19. The summed E-state index contributed by atoms with van der Waals surface area (Å²) in [7, 11) is 0. The Hall–Kier alpha value is -1.55. The lowest BCUT2D eigenvalue weighted by molar-refractivity contribution is 1.02. The summed E-state index contributed by atoms with van der Waals surface area (Å²) in [5.41, 5.74) is 9.89. The minimum Gasteiger partial charge on any atom is -0.367 e. The molecule has 0 saturated heterocycles. The van der Waals surface area contributed by atoms with Gasteiger partial charge in [0.25, 0.3) is 0 Å². The molecule has 0 fully saturated rings. The van der Waals surface area contributed by atoms with E-state index in [0.717, 1.165) is 5.56 Å². The standard InChI is InChI=1S/C9H11ClN4/c1-7-3-2-4-8(5-7)6-12-14-9(11)13-10/h2-6H,1H3,(H3,11,13,14). The predicted molar refractivity (Wildman–Crippen MR) is 59.4 cm³/mol. The van der Waals surface area contributed by atoms with Crippen molar-refractivity contribution in [2.24, 2.45) is 15.3 Å². The third kappa shape index (κ3) is 3.45. The van der Waals surface area contributed by atoms with Gasteiger partial charge in [-0.2, -0.15) is 5.10 Å². The van der Waals surface area contributed by atoms with Crippen molar-refractivity contribution in [1.82, 2.24) is 5.43 Å². The third-order valence-corrected chi connectivity index (χ3v) is 1.71. The number of nitrogens with two attached hydrogens (primary N) is 1. The fourth-order valence-electron chi connectivity index (χ4n) is 0.942. The van der Waals surface area contributed by atoms with Gasteiger partial charge < -0.3 is 5.73 Å². The summed E-state index contributed by atoms with van der Waals surface area (Å²) in [5.74, 6) is 0.0653. The van der Waals surface area contributed by atoms with E-state index >= 15 is 0 Å². The average molecular weight is 211 g/mol. The monoisotopic (exact) mass is 210 g/mol. The summed E-state index contributed by atoms with van der Waals surface area (Å²) >= 11 is 5.09. The number of guanidine groups is 1. The first kappa shape index (κ1) is 10.5. The highest BCUT2D eigenvalue weighted by atomic mass is 35.5. The fraction of sp³-hybridized carbons (Fsp3) is 0.111. The van der Waals surface area contributed by atoms with Crippen LogP contribution in [0.15, 0.2) is 33.9 Å². The molecule has 0 unspecified atom stereocenters. The van der Waals surface area contributed by atoms with Gasteiger partial charge in [-0.15, -0.1) is 4.51 Å². The lowest BCUT2D eigenvalue weighted by atomic mass is 10.2. The van der Waals surface area contributed by atoms with Crippen LogP contribution >= 0.6 is 11.8 Å². The van der Waals surface area contributed by atoms with E-state index in [1.165, 1.54) is 5.56 Å². The Morgan fingerprint density at radius 3 is 3.00 bits per heavy atom. The lowest BCUT2D eigenvalue weighted by Crippen LogP contribution is -2.26. The van der Waals surface area contributed by atoms with Gasteiger partial charge in [-0.25, -0.2) is 5.43 Å². The molecule has 0 amide bonds. The number of hydrazone groups is 1. The average Bonchev–Trinajstić information content (AvgIpc) is 2.17. The maximum Gasteiger partial charge on any atom is 0.226 e. The smallest absolute Gasteiger partial charge is 0.226 e. The molecule has 1 rings (SSSR count). The van der Waals surface area contributed by atoms with E-state index in [4.69, 9.17) is 17.5 Å². The molecule has 0 aliphatic heterocycles. The van der Waals surface area contributed by atoms with E-state index in [1.54, 1.807) is 6.21 Å². The normalized spacial score (nSPS) is 12.0. The molecule has 0 radical (unpaired) electrons. The Balaban J connectivity index is 2.60. The van der Waals surface area contributed by atoms with Gasteiger partial charge >= 0.3 is 0 Å². The summed E-state index contributed by atoms with van der Waals surface area (Å²) < 4.78 is 3.18. The largest absolute Gasteiger partial charge is 0.367 e. The van der Waals surface area contributed by atoms with Crippen LogP contribution in [0.5, 0.6) is 0 Å². The van der Waals surface area contributed by atoms with E-state index in [1.807, 2.05) is 31.2 Å².